The van der Waals surface area contributed by atoms with E-state index in [1.165, 1.54) is 22.2 Å². The van der Waals surface area contributed by atoms with Crippen LogP contribution < -0.4 is 14.4 Å². The predicted molar refractivity (Wildman–Crippen MR) is 133 cm³/mol. The Bertz CT molecular complexity index is 1260. The van der Waals surface area contributed by atoms with Crippen molar-refractivity contribution in [1.29, 1.82) is 0 Å². The van der Waals surface area contributed by atoms with Crippen molar-refractivity contribution < 1.29 is 14.3 Å². The molecule has 1 amide bonds. The molecule has 0 saturated carbocycles. The lowest BCUT2D eigenvalue weighted by Gasteiger charge is -2.36. The number of thiophene rings is 1. The smallest absolute Gasteiger partial charge is 0.254 e. The highest BCUT2D eigenvalue weighted by Gasteiger charge is 2.29. The van der Waals surface area contributed by atoms with Crippen LogP contribution in [0.1, 0.15) is 59.7 Å². The second-order valence-electron chi connectivity index (χ2n) is 9.94. The Hall–Kier alpha value is -2.87. The molecule has 178 valence electrons. The number of anilines is 1. The minimum atomic E-state index is 0.0376. The van der Waals surface area contributed by atoms with Crippen LogP contribution in [-0.2, 0) is 12.8 Å². The fourth-order valence-corrected chi connectivity index (χ4v) is 6.54. The maximum atomic E-state index is 13.2. The molecule has 3 aliphatic rings. The van der Waals surface area contributed by atoms with Gasteiger partial charge in [0.2, 0.25) is 6.79 Å². The highest BCUT2D eigenvalue weighted by Crippen LogP contribution is 2.42. The van der Waals surface area contributed by atoms with Gasteiger partial charge in [-0.05, 0) is 48.9 Å². The monoisotopic (exact) mass is 478 g/mol. The van der Waals surface area contributed by atoms with Gasteiger partial charge in [0.25, 0.3) is 5.91 Å². The Kier molecular flexibility index (Phi) is 5.36. The molecular formula is C26H30N4O3S. The van der Waals surface area contributed by atoms with Gasteiger partial charge < -0.3 is 19.3 Å². The number of benzene rings is 1. The van der Waals surface area contributed by atoms with Crippen molar-refractivity contribution in [2.24, 2.45) is 5.92 Å². The average Bonchev–Trinajstić information content (AvgIpc) is 3.46. The lowest BCUT2D eigenvalue weighted by molar-refractivity contribution is 0.0746. The van der Waals surface area contributed by atoms with Crippen molar-refractivity contribution in [3.05, 3.63) is 40.0 Å². The molecule has 2 aromatic heterocycles. The summed E-state index contributed by atoms with van der Waals surface area (Å²) >= 11 is 1.86. The molecule has 1 aromatic carbocycles. The minimum absolute atomic E-state index is 0.0376. The molecule has 1 fully saturated rings. The zero-order valence-corrected chi connectivity index (χ0v) is 20.8. The molecule has 2 aliphatic heterocycles. The van der Waals surface area contributed by atoms with Crippen molar-refractivity contribution in [2.75, 3.05) is 37.9 Å². The number of piperazine rings is 1. The number of amides is 1. The van der Waals surface area contributed by atoms with Crippen LogP contribution in [0.25, 0.3) is 10.2 Å². The van der Waals surface area contributed by atoms with E-state index < -0.39 is 0 Å². The first-order valence-corrected chi connectivity index (χ1v) is 13.1. The maximum absolute atomic E-state index is 13.2. The van der Waals surface area contributed by atoms with Crippen LogP contribution in [0.15, 0.2) is 18.2 Å². The van der Waals surface area contributed by atoms with Crippen LogP contribution in [0.4, 0.5) is 5.82 Å². The number of aryl methyl sites for hydroxylation is 1. The van der Waals surface area contributed by atoms with Crippen LogP contribution in [0.2, 0.25) is 0 Å². The number of carbonyl (C=O) groups is 1. The van der Waals surface area contributed by atoms with E-state index in [0.29, 0.717) is 30.2 Å². The third-order valence-corrected chi connectivity index (χ3v) is 8.30. The normalized spacial score (nSPS) is 19.7. The Morgan fingerprint density at radius 2 is 1.91 bits per heavy atom. The van der Waals surface area contributed by atoms with Crippen LogP contribution >= 0.6 is 11.3 Å². The predicted octanol–water partition coefficient (Wildman–Crippen LogP) is 4.63. The number of hydrogen-bond acceptors (Lipinski definition) is 7. The molecule has 7 nitrogen and oxygen atoms in total. The van der Waals surface area contributed by atoms with E-state index in [9.17, 15) is 4.79 Å². The molecule has 1 aliphatic carbocycles. The molecule has 34 heavy (non-hydrogen) atoms. The third-order valence-electron chi connectivity index (χ3n) is 7.16. The standard InChI is InChI=1S/C26H30N4O3S/c1-15(2)23-27-24(22-18-6-4-16(3)12-21(18)34-25(22)28-23)29-8-10-30(11-9-29)26(31)17-5-7-19-20(13-17)33-14-32-19/h5,7,13,15-16H,4,6,8-12,14H2,1-3H3/t16-/m0/s1. The first kappa shape index (κ1) is 21.6. The van der Waals surface area contributed by atoms with E-state index in [1.807, 2.05) is 28.4 Å². The van der Waals surface area contributed by atoms with E-state index in [1.54, 1.807) is 6.07 Å². The van der Waals surface area contributed by atoms with Crippen molar-refractivity contribution in [3.63, 3.8) is 0 Å². The molecule has 4 heterocycles. The fourth-order valence-electron chi connectivity index (χ4n) is 5.16. The zero-order valence-electron chi connectivity index (χ0n) is 20.0. The molecule has 0 spiro atoms. The van der Waals surface area contributed by atoms with E-state index in [2.05, 4.69) is 25.7 Å². The van der Waals surface area contributed by atoms with Crippen LogP contribution in [0.3, 0.4) is 0 Å². The summed E-state index contributed by atoms with van der Waals surface area (Å²) in [6.45, 7) is 9.73. The van der Waals surface area contributed by atoms with Gasteiger partial charge in [0, 0.05) is 42.5 Å². The number of fused-ring (bicyclic) bond motifs is 4. The quantitative estimate of drug-likeness (QED) is 0.547. The first-order valence-electron chi connectivity index (χ1n) is 12.2. The molecule has 1 atom stereocenters. The second-order valence-corrected chi connectivity index (χ2v) is 11.0. The molecule has 0 N–H and O–H groups in total. The summed E-state index contributed by atoms with van der Waals surface area (Å²) in [4.78, 5) is 30.1. The highest BCUT2D eigenvalue weighted by atomic mass is 32.1. The second kappa shape index (κ2) is 8.41. The van der Waals surface area contributed by atoms with Gasteiger partial charge in [0.05, 0.1) is 5.39 Å². The summed E-state index contributed by atoms with van der Waals surface area (Å²) in [5.74, 6) is 4.36. The maximum Gasteiger partial charge on any atom is 0.254 e. The van der Waals surface area contributed by atoms with E-state index in [-0.39, 0.29) is 18.6 Å². The number of ether oxygens (including phenoxy) is 2. The van der Waals surface area contributed by atoms with E-state index in [0.717, 1.165) is 48.3 Å². The molecule has 0 radical (unpaired) electrons. The summed E-state index contributed by atoms with van der Waals surface area (Å²) in [5, 5.41) is 1.26. The molecule has 6 rings (SSSR count). The van der Waals surface area contributed by atoms with Crippen molar-refractivity contribution in [3.8, 4) is 11.5 Å². The molecule has 8 heteroatoms. The molecule has 1 saturated heterocycles. The van der Waals surface area contributed by atoms with Crippen LogP contribution in [0, 0.1) is 5.92 Å². The number of aromatic nitrogens is 2. The van der Waals surface area contributed by atoms with Gasteiger partial charge in [-0.2, -0.15) is 0 Å². The molecule has 0 unspecified atom stereocenters. The Morgan fingerprint density at radius 1 is 1.12 bits per heavy atom. The van der Waals surface area contributed by atoms with Gasteiger partial charge in [0.15, 0.2) is 11.5 Å². The lowest BCUT2D eigenvalue weighted by atomic mass is 9.89. The summed E-state index contributed by atoms with van der Waals surface area (Å²) in [6, 6.07) is 5.43. The Morgan fingerprint density at radius 3 is 2.71 bits per heavy atom. The number of hydrogen-bond donors (Lipinski definition) is 0. The Balaban J connectivity index is 1.27. The van der Waals surface area contributed by atoms with Crippen molar-refractivity contribution in [2.45, 2.75) is 46.0 Å². The average molecular weight is 479 g/mol. The van der Waals surface area contributed by atoms with Crippen LogP contribution in [0.5, 0.6) is 11.5 Å². The van der Waals surface area contributed by atoms with Gasteiger partial charge >= 0.3 is 0 Å². The first-order chi connectivity index (χ1) is 16.5. The number of nitrogens with zero attached hydrogens (tertiary/aromatic N) is 4. The topological polar surface area (TPSA) is 67.8 Å². The molecular weight excluding hydrogens is 448 g/mol. The summed E-state index contributed by atoms with van der Waals surface area (Å²) in [5.41, 5.74) is 2.10. The largest absolute Gasteiger partial charge is 0.454 e. The van der Waals surface area contributed by atoms with Gasteiger partial charge in [-0.3, -0.25) is 4.79 Å². The summed E-state index contributed by atoms with van der Waals surface area (Å²) in [7, 11) is 0. The molecule has 0 bridgehead atoms. The van der Waals surface area contributed by atoms with E-state index >= 15 is 0 Å². The van der Waals surface area contributed by atoms with E-state index in [4.69, 9.17) is 19.4 Å². The van der Waals surface area contributed by atoms with Crippen molar-refractivity contribution in [1.82, 2.24) is 14.9 Å². The summed E-state index contributed by atoms with van der Waals surface area (Å²) < 4.78 is 10.8. The minimum Gasteiger partial charge on any atom is -0.454 e. The Labute approximate surface area is 203 Å². The fraction of sp³-hybridized carbons (Fsp3) is 0.500. The van der Waals surface area contributed by atoms with Gasteiger partial charge in [-0.1, -0.05) is 20.8 Å². The van der Waals surface area contributed by atoms with Gasteiger partial charge in [-0.15, -0.1) is 11.3 Å². The summed E-state index contributed by atoms with van der Waals surface area (Å²) in [6.07, 6.45) is 3.48. The van der Waals surface area contributed by atoms with Gasteiger partial charge in [0.1, 0.15) is 16.5 Å². The number of rotatable bonds is 3. The van der Waals surface area contributed by atoms with Gasteiger partial charge in [-0.25, -0.2) is 9.97 Å². The third kappa shape index (κ3) is 3.68. The number of carbonyl (C=O) groups excluding carboxylic acids is 1. The lowest BCUT2D eigenvalue weighted by Crippen LogP contribution is -2.49. The molecule has 3 aromatic rings. The zero-order chi connectivity index (χ0) is 23.4. The van der Waals surface area contributed by atoms with Crippen molar-refractivity contribution >= 4 is 33.3 Å². The highest BCUT2D eigenvalue weighted by molar-refractivity contribution is 7.19. The van der Waals surface area contributed by atoms with Crippen LogP contribution in [-0.4, -0.2) is 53.7 Å². The SMILES string of the molecule is CC(C)c1nc(N2CCN(C(=O)c3ccc4c(c3)OCO4)CC2)c2c3c(sc2n1)C[C@@H](C)CC3.